The second-order valence-corrected chi connectivity index (χ2v) is 5.61. The molecule has 6 nitrogen and oxygen atoms in total. The van der Waals surface area contributed by atoms with Gasteiger partial charge in [-0.3, -0.25) is 4.79 Å². The van der Waals surface area contributed by atoms with Crippen molar-refractivity contribution in [2.75, 3.05) is 13.4 Å². The highest BCUT2D eigenvalue weighted by molar-refractivity contribution is 6.33. The number of rotatable bonds is 5. The summed E-state index contributed by atoms with van der Waals surface area (Å²) in [7, 11) is 0. The Morgan fingerprint density at radius 3 is 2.83 bits per heavy atom. The number of hydrazone groups is 1. The van der Waals surface area contributed by atoms with Crippen LogP contribution < -0.4 is 19.6 Å². The summed E-state index contributed by atoms with van der Waals surface area (Å²) in [6.45, 7) is -0.0314. The number of amides is 1. The molecule has 8 heteroatoms. The summed E-state index contributed by atoms with van der Waals surface area (Å²) in [6.07, 6.45) is 1.42. The van der Waals surface area contributed by atoms with Crippen LogP contribution in [-0.2, 0) is 4.79 Å². The normalized spacial score (nSPS) is 12.4. The summed E-state index contributed by atoms with van der Waals surface area (Å²) >= 11 is 11.9. The number of halogens is 2. The van der Waals surface area contributed by atoms with Gasteiger partial charge in [0.2, 0.25) is 6.79 Å². The molecular formula is C16H12Cl2N2O4. The van der Waals surface area contributed by atoms with Crippen molar-refractivity contribution in [3.05, 3.63) is 52.0 Å². The van der Waals surface area contributed by atoms with Gasteiger partial charge in [-0.2, -0.15) is 5.10 Å². The maximum Gasteiger partial charge on any atom is 0.277 e. The smallest absolute Gasteiger partial charge is 0.277 e. The molecule has 1 aliphatic rings. The Morgan fingerprint density at radius 1 is 1.25 bits per heavy atom. The van der Waals surface area contributed by atoms with Gasteiger partial charge in [0.25, 0.3) is 5.91 Å². The van der Waals surface area contributed by atoms with E-state index in [2.05, 4.69) is 10.5 Å². The zero-order chi connectivity index (χ0) is 16.9. The van der Waals surface area contributed by atoms with Gasteiger partial charge in [0, 0.05) is 16.7 Å². The van der Waals surface area contributed by atoms with E-state index in [1.54, 1.807) is 36.4 Å². The van der Waals surface area contributed by atoms with Gasteiger partial charge in [-0.15, -0.1) is 0 Å². The number of carbonyl (C=O) groups excluding carboxylic acids is 1. The Labute approximate surface area is 147 Å². The van der Waals surface area contributed by atoms with Crippen LogP contribution >= 0.6 is 23.2 Å². The Balaban J connectivity index is 1.53. The largest absolute Gasteiger partial charge is 0.484 e. The van der Waals surface area contributed by atoms with Crippen LogP contribution in [0.5, 0.6) is 17.2 Å². The van der Waals surface area contributed by atoms with Crippen LogP contribution in [0, 0.1) is 0 Å². The molecule has 0 fully saturated rings. The number of hydrogen-bond donors (Lipinski definition) is 1. The Kier molecular flexibility index (Phi) is 5.08. The number of ether oxygens (including phenoxy) is 3. The lowest BCUT2D eigenvalue weighted by atomic mass is 10.2. The van der Waals surface area contributed by atoms with Crippen LogP contribution in [0.3, 0.4) is 0 Å². The summed E-state index contributed by atoms with van der Waals surface area (Å²) in [5.41, 5.74) is 2.95. The predicted molar refractivity (Wildman–Crippen MR) is 90.3 cm³/mol. The van der Waals surface area contributed by atoms with Gasteiger partial charge in [-0.25, -0.2) is 5.43 Å². The molecule has 0 unspecified atom stereocenters. The van der Waals surface area contributed by atoms with Gasteiger partial charge in [-0.1, -0.05) is 29.3 Å². The van der Waals surface area contributed by atoms with Crippen molar-refractivity contribution in [3.8, 4) is 17.2 Å². The second-order valence-electron chi connectivity index (χ2n) is 4.77. The SMILES string of the molecule is O=C(COc1cccc(Cl)c1)N/N=C\c1cc2c(cc1Cl)OCO2. The molecule has 2 aromatic carbocycles. The summed E-state index contributed by atoms with van der Waals surface area (Å²) in [4.78, 5) is 11.7. The zero-order valence-corrected chi connectivity index (χ0v) is 13.8. The van der Waals surface area contributed by atoms with Gasteiger partial charge in [0.05, 0.1) is 11.2 Å². The second kappa shape index (κ2) is 7.42. The first kappa shape index (κ1) is 16.4. The highest BCUT2D eigenvalue weighted by Gasteiger charge is 2.15. The fourth-order valence-electron chi connectivity index (χ4n) is 1.94. The molecule has 0 atom stereocenters. The quantitative estimate of drug-likeness (QED) is 0.651. The van der Waals surface area contributed by atoms with Crippen molar-refractivity contribution in [3.63, 3.8) is 0 Å². The Morgan fingerprint density at radius 2 is 2.04 bits per heavy atom. The third-order valence-electron chi connectivity index (χ3n) is 3.05. The standard InChI is InChI=1S/C16H12Cl2N2O4/c17-11-2-1-3-12(5-11)22-8-16(21)20-19-7-10-4-14-15(6-13(10)18)24-9-23-14/h1-7H,8-9H2,(H,20,21)/b19-7-. The number of hydrogen-bond acceptors (Lipinski definition) is 5. The molecule has 0 saturated heterocycles. The molecule has 0 spiro atoms. The fraction of sp³-hybridized carbons (Fsp3) is 0.125. The molecule has 1 N–H and O–H groups in total. The topological polar surface area (TPSA) is 69.2 Å². The molecule has 0 bridgehead atoms. The molecule has 1 heterocycles. The third-order valence-corrected chi connectivity index (χ3v) is 3.61. The molecule has 3 rings (SSSR count). The molecule has 0 saturated carbocycles. The molecule has 24 heavy (non-hydrogen) atoms. The molecule has 1 amide bonds. The molecule has 1 aliphatic heterocycles. The molecule has 2 aromatic rings. The van der Waals surface area contributed by atoms with E-state index in [-0.39, 0.29) is 13.4 Å². The van der Waals surface area contributed by atoms with Crippen LogP contribution in [0.25, 0.3) is 0 Å². The van der Waals surface area contributed by atoms with E-state index in [1.807, 2.05) is 0 Å². The summed E-state index contributed by atoms with van der Waals surface area (Å²) < 4.78 is 15.8. The van der Waals surface area contributed by atoms with E-state index in [0.717, 1.165) is 0 Å². The van der Waals surface area contributed by atoms with Gasteiger partial charge in [0.15, 0.2) is 18.1 Å². The van der Waals surface area contributed by atoms with Crippen molar-refractivity contribution in [1.29, 1.82) is 0 Å². The Hall–Kier alpha value is -2.44. The van der Waals surface area contributed by atoms with E-state index >= 15 is 0 Å². The van der Waals surface area contributed by atoms with Crippen LogP contribution in [-0.4, -0.2) is 25.5 Å². The van der Waals surface area contributed by atoms with E-state index < -0.39 is 5.91 Å². The Bertz CT molecular complexity index is 796. The van der Waals surface area contributed by atoms with E-state index in [4.69, 9.17) is 37.4 Å². The highest BCUT2D eigenvalue weighted by atomic mass is 35.5. The monoisotopic (exact) mass is 366 g/mol. The average molecular weight is 367 g/mol. The van der Waals surface area contributed by atoms with Crippen LogP contribution in [0.15, 0.2) is 41.5 Å². The van der Waals surface area contributed by atoms with Crippen LogP contribution in [0.2, 0.25) is 10.0 Å². The first-order chi connectivity index (χ1) is 11.6. The van der Waals surface area contributed by atoms with Crippen molar-refractivity contribution in [2.24, 2.45) is 5.10 Å². The minimum atomic E-state index is -0.414. The average Bonchev–Trinajstić information content (AvgIpc) is 3.00. The van der Waals surface area contributed by atoms with E-state index in [0.29, 0.717) is 32.9 Å². The lowest BCUT2D eigenvalue weighted by Crippen LogP contribution is -2.24. The summed E-state index contributed by atoms with van der Waals surface area (Å²) in [5.74, 6) is 1.25. The van der Waals surface area contributed by atoms with Crippen molar-refractivity contribution >= 4 is 35.3 Å². The number of benzene rings is 2. The van der Waals surface area contributed by atoms with Crippen molar-refractivity contribution in [2.45, 2.75) is 0 Å². The number of fused-ring (bicyclic) bond motifs is 1. The number of nitrogens with one attached hydrogen (secondary N) is 1. The minimum Gasteiger partial charge on any atom is -0.484 e. The first-order valence-electron chi connectivity index (χ1n) is 6.91. The molecular weight excluding hydrogens is 355 g/mol. The first-order valence-corrected chi connectivity index (χ1v) is 7.67. The number of carbonyl (C=O) groups is 1. The highest BCUT2D eigenvalue weighted by Crippen LogP contribution is 2.36. The zero-order valence-electron chi connectivity index (χ0n) is 12.3. The van der Waals surface area contributed by atoms with E-state index in [9.17, 15) is 4.79 Å². The molecule has 0 aromatic heterocycles. The molecule has 0 aliphatic carbocycles. The van der Waals surface area contributed by atoms with Gasteiger partial charge in [0.1, 0.15) is 5.75 Å². The predicted octanol–water partition coefficient (Wildman–Crippen LogP) is 3.25. The van der Waals surface area contributed by atoms with Crippen LogP contribution in [0.4, 0.5) is 0 Å². The maximum atomic E-state index is 11.7. The van der Waals surface area contributed by atoms with E-state index in [1.165, 1.54) is 6.21 Å². The minimum absolute atomic E-state index is 0.157. The van der Waals surface area contributed by atoms with Gasteiger partial charge in [-0.05, 0) is 24.3 Å². The lowest BCUT2D eigenvalue weighted by molar-refractivity contribution is -0.123. The molecule has 124 valence electrons. The van der Waals surface area contributed by atoms with Crippen molar-refractivity contribution < 1.29 is 19.0 Å². The van der Waals surface area contributed by atoms with Gasteiger partial charge < -0.3 is 14.2 Å². The number of nitrogens with zero attached hydrogens (tertiary/aromatic N) is 1. The third kappa shape index (κ3) is 4.10. The maximum absolute atomic E-state index is 11.7. The lowest BCUT2D eigenvalue weighted by Gasteiger charge is -2.05. The van der Waals surface area contributed by atoms with Crippen molar-refractivity contribution in [1.82, 2.24) is 5.43 Å². The summed E-state index contributed by atoms with van der Waals surface area (Å²) in [6, 6.07) is 10.1. The molecule has 0 radical (unpaired) electrons. The van der Waals surface area contributed by atoms with Crippen LogP contribution in [0.1, 0.15) is 5.56 Å². The summed E-state index contributed by atoms with van der Waals surface area (Å²) in [5, 5.41) is 4.81. The van der Waals surface area contributed by atoms with Gasteiger partial charge >= 0.3 is 0 Å². The fourth-order valence-corrected chi connectivity index (χ4v) is 2.33.